The summed E-state index contributed by atoms with van der Waals surface area (Å²) >= 11 is 5.74. The number of aromatic nitrogens is 1. The number of hydrogen-bond donors (Lipinski definition) is 2. The number of halogens is 2. The highest BCUT2D eigenvalue weighted by atomic mass is 35.5. The molecule has 0 bridgehead atoms. The summed E-state index contributed by atoms with van der Waals surface area (Å²) in [7, 11) is 0. The van der Waals surface area contributed by atoms with Gasteiger partial charge in [-0.15, -0.1) is 0 Å². The number of nitrogens with zero attached hydrogens (tertiary/aromatic N) is 1. The van der Waals surface area contributed by atoms with Gasteiger partial charge in [0, 0.05) is 22.7 Å². The van der Waals surface area contributed by atoms with Gasteiger partial charge in [0.15, 0.2) is 0 Å². The Morgan fingerprint density at radius 2 is 2.04 bits per heavy atom. The number of carbonyl (C=O) groups is 1. The van der Waals surface area contributed by atoms with Crippen molar-refractivity contribution in [3.63, 3.8) is 0 Å². The molecule has 3 rings (SSSR count). The van der Waals surface area contributed by atoms with Crippen molar-refractivity contribution in [2.75, 3.05) is 11.9 Å². The summed E-state index contributed by atoms with van der Waals surface area (Å²) in [5.41, 5.74) is 0.848. The minimum atomic E-state index is -0.539. The van der Waals surface area contributed by atoms with E-state index in [0.29, 0.717) is 22.0 Å². The van der Waals surface area contributed by atoms with Crippen LogP contribution in [0.25, 0.3) is 10.8 Å². The molecule has 0 spiro atoms. The molecule has 0 radical (unpaired) electrons. The number of hydrogen-bond acceptors (Lipinski definition) is 3. The monoisotopic (exact) mass is 388 g/mol. The highest BCUT2D eigenvalue weighted by Crippen LogP contribution is 2.22. The average Bonchev–Trinajstić information content (AvgIpc) is 2.65. The van der Waals surface area contributed by atoms with Gasteiger partial charge < -0.3 is 15.0 Å². The third kappa shape index (κ3) is 4.02. The fourth-order valence-electron chi connectivity index (χ4n) is 2.87. The van der Waals surface area contributed by atoms with Crippen LogP contribution in [0.4, 0.5) is 10.1 Å². The second-order valence-corrected chi connectivity index (χ2v) is 6.71. The molecule has 1 amide bonds. The van der Waals surface area contributed by atoms with E-state index in [9.17, 15) is 19.1 Å². The summed E-state index contributed by atoms with van der Waals surface area (Å²) < 4.78 is 14.7. The van der Waals surface area contributed by atoms with Crippen LogP contribution in [0.5, 0.6) is 0 Å². The molecule has 0 saturated carbocycles. The van der Waals surface area contributed by atoms with Crippen molar-refractivity contribution in [2.45, 2.75) is 19.4 Å². The van der Waals surface area contributed by atoms with Crippen LogP contribution in [0.2, 0.25) is 5.02 Å². The van der Waals surface area contributed by atoms with E-state index >= 15 is 0 Å². The SMILES string of the molecule is C[C@H](CO)n1ccc2c(NC(=O)Cc3ccc(F)c(Cl)c3)cccc2c1=O. The zero-order valence-corrected chi connectivity index (χ0v) is 15.3. The van der Waals surface area contributed by atoms with Crippen LogP contribution in [0.15, 0.2) is 53.5 Å². The Morgan fingerprint density at radius 3 is 2.74 bits per heavy atom. The van der Waals surface area contributed by atoms with E-state index in [-0.39, 0.29) is 35.6 Å². The second-order valence-electron chi connectivity index (χ2n) is 6.30. The standard InChI is InChI=1S/C20H18ClFN2O3/c1-12(11-25)24-8-7-14-15(20(24)27)3-2-4-18(14)23-19(26)10-13-5-6-17(22)16(21)9-13/h2-9,12,25H,10-11H2,1H3,(H,23,26)/t12-/m1/s1. The molecule has 0 saturated heterocycles. The van der Waals surface area contributed by atoms with Gasteiger partial charge in [-0.3, -0.25) is 9.59 Å². The molecule has 2 aromatic carbocycles. The second kappa shape index (κ2) is 7.90. The first-order chi connectivity index (χ1) is 12.9. The summed E-state index contributed by atoms with van der Waals surface area (Å²) in [6.45, 7) is 1.59. The Morgan fingerprint density at radius 1 is 1.26 bits per heavy atom. The molecule has 1 aromatic heterocycles. The lowest BCUT2D eigenvalue weighted by Gasteiger charge is -2.14. The van der Waals surface area contributed by atoms with E-state index in [1.807, 2.05) is 0 Å². The van der Waals surface area contributed by atoms with Crippen molar-refractivity contribution in [3.8, 4) is 0 Å². The van der Waals surface area contributed by atoms with Crippen LogP contribution in [-0.2, 0) is 11.2 Å². The normalized spacial score (nSPS) is 12.1. The minimum absolute atomic E-state index is 0.0228. The Kier molecular flexibility index (Phi) is 5.58. The van der Waals surface area contributed by atoms with Gasteiger partial charge in [-0.1, -0.05) is 23.7 Å². The first-order valence-electron chi connectivity index (χ1n) is 8.39. The van der Waals surface area contributed by atoms with Crippen molar-refractivity contribution in [1.29, 1.82) is 0 Å². The third-order valence-corrected chi connectivity index (χ3v) is 4.62. The van der Waals surface area contributed by atoms with Crippen molar-refractivity contribution in [2.24, 2.45) is 0 Å². The number of aliphatic hydroxyl groups excluding tert-OH is 1. The zero-order chi connectivity index (χ0) is 19.6. The molecule has 0 aliphatic rings. The summed E-state index contributed by atoms with van der Waals surface area (Å²) in [6.07, 6.45) is 1.62. The van der Waals surface area contributed by atoms with Crippen LogP contribution >= 0.6 is 11.6 Å². The third-order valence-electron chi connectivity index (χ3n) is 4.33. The summed E-state index contributed by atoms with van der Waals surface area (Å²) in [5, 5.41) is 13.1. The molecule has 5 nitrogen and oxygen atoms in total. The topological polar surface area (TPSA) is 71.3 Å². The Hall–Kier alpha value is -2.70. The molecule has 0 aliphatic carbocycles. The molecule has 1 atom stereocenters. The molecule has 0 fully saturated rings. The van der Waals surface area contributed by atoms with E-state index in [0.717, 1.165) is 0 Å². The number of rotatable bonds is 5. The van der Waals surface area contributed by atoms with E-state index in [2.05, 4.69) is 5.32 Å². The van der Waals surface area contributed by atoms with Gasteiger partial charge in [-0.2, -0.15) is 0 Å². The number of fused-ring (bicyclic) bond motifs is 1. The number of anilines is 1. The lowest BCUT2D eigenvalue weighted by atomic mass is 10.1. The summed E-state index contributed by atoms with van der Waals surface area (Å²) in [5.74, 6) is -0.846. The lowest BCUT2D eigenvalue weighted by Crippen LogP contribution is -2.25. The van der Waals surface area contributed by atoms with Crippen LogP contribution in [0.1, 0.15) is 18.5 Å². The van der Waals surface area contributed by atoms with E-state index in [1.165, 1.54) is 22.8 Å². The molecule has 140 valence electrons. The van der Waals surface area contributed by atoms with Gasteiger partial charge in [-0.05, 0) is 42.8 Å². The predicted molar refractivity (Wildman–Crippen MR) is 104 cm³/mol. The van der Waals surface area contributed by atoms with Crippen LogP contribution in [-0.4, -0.2) is 22.2 Å². The smallest absolute Gasteiger partial charge is 0.258 e. The molecule has 7 heteroatoms. The predicted octanol–water partition coefficient (Wildman–Crippen LogP) is 3.53. The fraction of sp³-hybridized carbons (Fsp3) is 0.200. The van der Waals surface area contributed by atoms with Crippen molar-refractivity contribution in [1.82, 2.24) is 4.57 Å². The minimum Gasteiger partial charge on any atom is -0.394 e. The zero-order valence-electron chi connectivity index (χ0n) is 14.6. The number of pyridine rings is 1. The number of nitrogens with one attached hydrogen (secondary N) is 1. The number of aliphatic hydroxyl groups is 1. The highest BCUT2D eigenvalue weighted by molar-refractivity contribution is 6.30. The maximum absolute atomic E-state index is 13.2. The lowest BCUT2D eigenvalue weighted by molar-refractivity contribution is -0.115. The van der Waals surface area contributed by atoms with Gasteiger partial charge in [-0.25, -0.2) is 4.39 Å². The molecule has 3 aromatic rings. The van der Waals surface area contributed by atoms with Gasteiger partial charge in [0.05, 0.1) is 24.1 Å². The molecule has 2 N–H and O–H groups in total. The van der Waals surface area contributed by atoms with Crippen molar-refractivity contribution in [3.05, 3.63) is 75.4 Å². The number of benzene rings is 2. The first kappa shape index (κ1) is 19.1. The van der Waals surface area contributed by atoms with E-state index in [1.54, 1.807) is 37.4 Å². The van der Waals surface area contributed by atoms with Crippen molar-refractivity contribution >= 4 is 34.0 Å². The molecule has 27 heavy (non-hydrogen) atoms. The van der Waals surface area contributed by atoms with Crippen LogP contribution < -0.4 is 10.9 Å². The molecule has 1 heterocycles. The van der Waals surface area contributed by atoms with Crippen LogP contribution in [0, 0.1) is 5.82 Å². The van der Waals surface area contributed by atoms with Gasteiger partial charge in [0.1, 0.15) is 5.82 Å². The van der Waals surface area contributed by atoms with E-state index in [4.69, 9.17) is 11.6 Å². The Balaban J connectivity index is 1.88. The van der Waals surface area contributed by atoms with Gasteiger partial charge >= 0.3 is 0 Å². The van der Waals surface area contributed by atoms with Gasteiger partial charge in [0.25, 0.3) is 5.56 Å². The fourth-order valence-corrected chi connectivity index (χ4v) is 3.07. The van der Waals surface area contributed by atoms with Crippen LogP contribution in [0.3, 0.4) is 0 Å². The maximum atomic E-state index is 13.2. The number of carbonyl (C=O) groups excluding carboxylic acids is 1. The maximum Gasteiger partial charge on any atom is 0.258 e. The summed E-state index contributed by atoms with van der Waals surface area (Å²) in [4.78, 5) is 25.0. The molecular formula is C20H18ClFN2O3. The van der Waals surface area contributed by atoms with Crippen molar-refractivity contribution < 1.29 is 14.3 Å². The average molecular weight is 389 g/mol. The number of amides is 1. The quantitative estimate of drug-likeness (QED) is 0.702. The first-order valence-corrected chi connectivity index (χ1v) is 8.77. The molecular weight excluding hydrogens is 371 g/mol. The molecule has 0 unspecified atom stereocenters. The highest BCUT2D eigenvalue weighted by Gasteiger charge is 2.12. The van der Waals surface area contributed by atoms with Gasteiger partial charge in [0.2, 0.25) is 5.91 Å². The Bertz CT molecular complexity index is 1060. The largest absolute Gasteiger partial charge is 0.394 e. The molecule has 0 aliphatic heterocycles. The Labute approximate surface area is 160 Å². The van der Waals surface area contributed by atoms with E-state index < -0.39 is 5.82 Å². The summed E-state index contributed by atoms with van der Waals surface area (Å²) in [6, 6.07) is 10.6.